The summed E-state index contributed by atoms with van der Waals surface area (Å²) in [6.07, 6.45) is 2.78. The van der Waals surface area contributed by atoms with Crippen molar-refractivity contribution < 1.29 is 0 Å². The van der Waals surface area contributed by atoms with Gasteiger partial charge in [-0.25, -0.2) is 0 Å². The third-order valence-electron chi connectivity index (χ3n) is 3.09. The molecule has 1 aliphatic rings. The average molecular weight is 170 g/mol. The molecule has 0 aliphatic carbocycles. The predicted molar refractivity (Wildman–Crippen MR) is 53.3 cm³/mol. The number of piperidine rings is 1. The summed E-state index contributed by atoms with van der Waals surface area (Å²) in [5, 5.41) is 3.26. The normalized spacial score (nSPS) is 24.2. The van der Waals surface area contributed by atoms with Gasteiger partial charge in [-0.2, -0.15) is 0 Å². The van der Waals surface area contributed by atoms with Gasteiger partial charge in [0.15, 0.2) is 0 Å². The Labute approximate surface area is 76.3 Å². The Morgan fingerprint density at radius 2 is 2.00 bits per heavy atom. The molecule has 1 saturated heterocycles. The minimum Gasteiger partial charge on any atom is -0.319 e. The van der Waals surface area contributed by atoms with Gasteiger partial charge in [0.2, 0.25) is 0 Å². The van der Waals surface area contributed by atoms with E-state index in [1.165, 1.54) is 32.5 Å². The van der Waals surface area contributed by atoms with Gasteiger partial charge in [0, 0.05) is 0 Å². The van der Waals surface area contributed by atoms with E-state index in [1.807, 2.05) is 7.05 Å². The summed E-state index contributed by atoms with van der Waals surface area (Å²) < 4.78 is 0. The quantitative estimate of drug-likeness (QED) is 0.684. The lowest BCUT2D eigenvalue weighted by molar-refractivity contribution is 0.177. The number of hydrogen-bond donors (Lipinski definition) is 1. The molecule has 12 heavy (non-hydrogen) atoms. The first-order valence-corrected chi connectivity index (χ1v) is 5.07. The molecule has 0 aromatic heterocycles. The second-order valence-corrected chi connectivity index (χ2v) is 4.18. The summed E-state index contributed by atoms with van der Waals surface area (Å²) in [5.74, 6) is 1.80. The van der Waals surface area contributed by atoms with Crippen LogP contribution in [0.2, 0.25) is 0 Å². The van der Waals surface area contributed by atoms with Crippen LogP contribution in [0.5, 0.6) is 0 Å². The molecule has 0 spiro atoms. The number of likely N-dealkylation sites (tertiary alicyclic amines) is 1. The van der Waals surface area contributed by atoms with E-state index in [-0.39, 0.29) is 0 Å². The summed E-state index contributed by atoms with van der Waals surface area (Å²) in [7, 11) is 4.27. The summed E-state index contributed by atoms with van der Waals surface area (Å²) in [6, 6.07) is 0. The molecule has 0 bridgehead atoms. The zero-order valence-electron chi connectivity index (χ0n) is 8.64. The molecule has 1 unspecified atom stereocenters. The first kappa shape index (κ1) is 10.0. The molecule has 1 aliphatic heterocycles. The van der Waals surface area contributed by atoms with Gasteiger partial charge in [0.05, 0.1) is 0 Å². The second-order valence-electron chi connectivity index (χ2n) is 4.18. The van der Waals surface area contributed by atoms with Crippen LogP contribution >= 0.6 is 0 Å². The molecule has 0 saturated carbocycles. The van der Waals surface area contributed by atoms with Gasteiger partial charge in [-0.15, -0.1) is 0 Å². The highest BCUT2D eigenvalue weighted by Gasteiger charge is 2.21. The van der Waals surface area contributed by atoms with E-state index in [0.717, 1.165) is 11.8 Å². The van der Waals surface area contributed by atoms with E-state index < -0.39 is 0 Å². The maximum Gasteiger partial charge on any atom is -0.00190 e. The van der Waals surface area contributed by atoms with Gasteiger partial charge in [0.1, 0.15) is 0 Å². The van der Waals surface area contributed by atoms with E-state index >= 15 is 0 Å². The first-order chi connectivity index (χ1) is 5.74. The van der Waals surface area contributed by atoms with E-state index in [4.69, 9.17) is 0 Å². The fourth-order valence-electron chi connectivity index (χ4n) is 2.09. The molecule has 0 aromatic carbocycles. The average Bonchev–Trinajstić information content (AvgIpc) is 2.06. The van der Waals surface area contributed by atoms with Crippen LogP contribution in [0.15, 0.2) is 0 Å². The van der Waals surface area contributed by atoms with Crippen LogP contribution in [-0.2, 0) is 0 Å². The molecule has 1 heterocycles. The van der Waals surface area contributed by atoms with Crippen LogP contribution < -0.4 is 5.32 Å². The van der Waals surface area contributed by atoms with Crippen molar-refractivity contribution in [2.24, 2.45) is 11.8 Å². The Kier molecular flexibility index (Phi) is 4.02. The van der Waals surface area contributed by atoms with Crippen molar-refractivity contribution in [1.82, 2.24) is 10.2 Å². The van der Waals surface area contributed by atoms with E-state index in [1.54, 1.807) is 0 Å². The van der Waals surface area contributed by atoms with Gasteiger partial charge < -0.3 is 10.2 Å². The van der Waals surface area contributed by atoms with Crippen molar-refractivity contribution in [3.8, 4) is 0 Å². The highest BCUT2D eigenvalue weighted by atomic mass is 15.1. The van der Waals surface area contributed by atoms with Crippen molar-refractivity contribution in [2.45, 2.75) is 19.8 Å². The minimum atomic E-state index is 0.851. The predicted octanol–water partition coefficient (Wildman–Crippen LogP) is 1.18. The molecule has 1 fully saturated rings. The van der Waals surface area contributed by atoms with E-state index in [2.05, 4.69) is 24.2 Å². The molecule has 2 nitrogen and oxygen atoms in total. The Hall–Kier alpha value is -0.0800. The lowest BCUT2D eigenvalue weighted by Crippen LogP contribution is -2.35. The fourth-order valence-corrected chi connectivity index (χ4v) is 2.09. The topological polar surface area (TPSA) is 15.3 Å². The monoisotopic (exact) mass is 170 g/mol. The van der Waals surface area contributed by atoms with Crippen molar-refractivity contribution in [3.05, 3.63) is 0 Å². The summed E-state index contributed by atoms with van der Waals surface area (Å²) in [4.78, 5) is 2.43. The molecule has 1 N–H and O–H groups in total. The Morgan fingerprint density at radius 1 is 1.42 bits per heavy atom. The third kappa shape index (κ3) is 2.76. The maximum atomic E-state index is 3.26. The highest BCUT2D eigenvalue weighted by Crippen LogP contribution is 2.23. The zero-order valence-corrected chi connectivity index (χ0v) is 8.64. The van der Waals surface area contributed by atoms with Crippen molar-refractivity contribution in [1.29, 1.82) is 0 Å². The van der Waals surface area contributed by atoms with Crippen molar-refractivity contribution in [2.75, 3.05) is 33.7 Å². The summed E-state index contributed by atoms with van der Waals surface area (Å²) >= 11 is 0. The minimum absolute atomic E-state index is 0.851. The van der Waals surface area contributed by atoms with Crippen LogP contribution in [0.25, 0.3) is 0 Å². The Balaban J connectivity index is 2.24. The lowest BCUT2D eigenvalue weighted by atomic mass is 9.85. The molecule has 2 heteroatoms. The molecule has 1 atom stereocenters. The fraction of sp³-hybridized carbons (Fsp3) is 1.00. The standard InChI is InChI=1S/C10H22N2/c1-9(8-11-2)10-4-6-12(3)7-5-10/h9-11H,4-8H2,1-3H3. The van der Waals surface area contributed by atoms with Gasteiger partial charge >= 0.3 is 0 Å². The van der Waals surface area contributed by atoms with E-state index in [0.29, 0.717) is 0 Å². The zero-order chi connectivity index (χ0) is 8.97. The Bertz CT molecular complexity index is 117. The molecular formula is C10H22N2. The molecule has 0 radical (unpaired) electrons. The molecule has 72 valence electrons. The third-order valence-corrected chi connectivity index (χ3v) is 3.09. The van der Waals surface area contributed by atoms with Crippen LogP contribution in [0, 0.1) is 11.8 Å². The number of hydrogen-bond acceptors (Lipinski definition) is 2. The summed E-state index contributed by atoms with van der Waals surface area (Å²) in [6.45, 7) is 6.12. The largest absolute Gasteiger partial charge is 0.319 e. The van der Waals surface area contributed by atoms with Crippen molar-refractivity contribution in [3.63, 3.8) is 0 Å². The highest BCUT2D eigenvalue weighted by molar-refractivity contribution is 4.74. The van der Waals surface area contributed by atoms with Gasteiger partial charge in [-0.1, -0.05) is 6.92 Å². The van der Waals surface area contributed by atoms with Crippen LogP contribution in [0.4, 0.5) is 0 Å². The van der Waals surface area contributed by atoms with Crippen LogP contribution in [0.1, 0.15) is 19.8 Å². The molecular weight excluding hydrogens is 148 g/mol. The van der Waals surface area contributed by atoms with Crippen LogP contribution in [0.3, 0.4) is 0 Å². The van der Waals surface area contributed by atoms with Gasteiger partial charge in [-0.05, 0) is 58.4 Å². The smallest absolute Gasteiger partial charge is 0.00190 e. The first-order valence-electron chi connectivity index (χ1n) is 5.07. The molecule has 1 rings (SSSR count). The Morgan fingerprint density at radius 3 is 2.50 bits per heavy atom. The van der Waals surface area contributed by atoms with Crippen LogP contribution in [-0.4, -0.2) is 38.6 Å². The SMILES string of the molecule is CNCC(C)C1CCN(C)CC1. The van der Waals surface area contributed by atoms with Crippen molar-refractivity contribution >= 4 is 0 Å². The van der Waals surface area contributed by atoms with E-state index in [9.17, 15) is 0 Å². The maximum absolute atomic E-state index is 3.26. The van der Waals surface area contributed by atoms with Gasteiger partial charge in [-0.3, -0.25) is 0 Å². The van der Waals surface area contributed by atoms with Gasteiger partial charge in [0.25, 0.3) is 0 Å². The lowest BCUT2D eigenvalue weighted by Gasteiger charge is -2.32. The molecule has 0 amide bonds. The number of rotatable bonds is 3. The number of nitrogens with zero attached hydrogens (tertiary/aromatic N) is 1. The number of nitrogens with one attached hydrogen (secondary N) is 1. The second kappa shape index (κ2) is 4.83. The molecule has 0 aromatic rings. The summed E-state index contributed by atoms with van der Waals surface area (Å²) in [5.41, 5.74) is 0.